The van der Waals surface area contributed by atoms with Crippen molar-refractivity contribution in [1.29, 1.82) is 0 Å². The number of carbonyl (C=O) groups is 1. The SMILES string of the molecule is COc1ccc(-c2nnc(SCC(=O)c3ccc(O)c(O)c3)o2)cc1. The first-order valence-corrected chi connectivity index (χ1v) is 8.21. The number of aromatic nitrogens is 2. The number of hydrogen-bond donors (Lipinski definition) is 2. The molecule has 0 amide bonds. The maximum atomic E-state index is 12.1. The molecule has 1 aromatic heterocycles. The predicted octanol–water partition coefficient (Wildman–Crippen LogP) is 3.13. The van der Waals surface area contributed by atoms with Gasteiger partial charge in [-0.05, 0) is 42.5 Å². The summed E-state index contributed by atoms with van der Waals surface area (Å²) in [7, 11) is 1.58. The van der Waals surface area contributed by atoms with E-state index < -0.39 is 0 Å². The molecule has 0 fully saturated rings. The summed E-state index contributed by atoms with van der Waals surface area (Å²) in [5.74, 6) is 0.291. The Morgan fingerprint density at radius 1 is 1.12 bits per heavy atom. The minimum absolute atomic E-state index is 0.0639. The van der Waals surface area contributed by atoms with E-state index in [4.69, 9.17) is 9.15 Å². The van der Waals surface area contributed by atoms with Gasteiger partial charge in [0.1, 0.15) is 5.75 Å². The van der Waals surface area contributed by atoms with E-state index in [2.05, 4.69) is 10.2 Å². The molecule has 0 saturated heterocycles. The normalized spacial score (nSPS) is 10.6. The summed E-state index contributed by atoms with van der Waals surface area (Å²) in [5, 5.41) is 26.8. The monoisotopic (exact) mass is 358 g/mol. The lowest BCUT2D eigenvalue weighted by molar-refractivity contribution is 0.102. The van der Waals surface area contributed by atoms with Crippen LogP contribution in [0.1, 0.15) is 10.4 Å². The summed E-state index contributed by atoms with van der Waals surface area (Å²) < 4.78 is 10.6. The Kier molecular flexibility index (Phi) is 4.90. The van der Waals surface area contributed by atoms with Gasteiger partial charge in [0.25, 0.3) is 5.22 Å². The molecule has 0 atom stereocenters. The van der Waals surface area contributed by atoms with Gasteiger partial charge in [0.15, 0.2) is 17.3 Å². The summed E-state index contributed by atoms with van der Waals surface area (Å²) >= 11 is 1.10. The van der Waals surface area contributed by atoms with Gasteiger partial charge in [0.2, 0.25) is 5.89 Å². The molecule has 0 aliphatic heterocycles. The van der Waals surface area contributed by atoms with E-state index in [9.17, 15) is 15.0 Å². The van der Waals surface area contributed by atoms with E-state index >= 15 is 0 Å². The van der Waals surface area contributed by atoms with E-state index in [1.54, 1.807) is 31.4 Å². The predicted molar refractivity (Wildman–Crippen MR) is 91.1 cm³/mol. The number of thioether (sulfide) groups is 1. The number of phenols is 2. The third-order valence-corrected chi connectivity index (χ3v) is 4.19. The molecule has 0 unspecified atom stereocenters. The van der Waals surface area contributed by atoms with Crippen molar-refractivity contribution in [2.24, 2.45) is 0 Å². The van der Waals surface area contributed by atoms with E-state index in [-0.39, 0.29) is 33.8 Å². The molecule has 1 heterocycles. The van der Waals surface area contributed by atoms with Gasteiger partial charge in [0, 0.05) is 11.1 Å². The highest BCUT2D eigenvalue weighted by atomic mass is 32.2. The van der Waals surface area contributed by atoms with Crippen molar-refractivity contribution >= 4 is 17.5 Å². The zero-order valence-corrected chi connectivity index (χ0v) is 14.0. The fourth-order valence-corrected chi connectivity index (χ4v) is 2.68. The molecule has 0 spiro atoms. The number of methoxy groups -OCH3 is 1. The van der Waals surface area contributed by atoms with Gasteiger partial charge in [-0.15, -0.1) is 10.2 Å². The number of rotatable bonds is 6. The molecule has 0 saturated carbocycles. The van der Waals surface area contributed by atoms with Gasteiger partial charge < -0.3 is 19.4 Å². The molecule has 25 heavy (non-hydrogen) atoms. The zero-order chi connectivity index (χ0) is 17.8. The lowest BCUT2D eigenvalue weighted by atomic mass is 10.1. The minimum atomic E-state index is -0.338. The van der Waals surface area contributed by atoms with Crippen molar-refractivity contribution in [3.05, 3.63) is 48.0 Å². The first-order valence-electron chi connectivity index (χ1n) is 7.22. The lowest BCUT2D eigenvalue weighted by Crippen LogP contribution is -2.01. The van der Waals surface area contributed by atoms with Gasteiger partial charge in [-0.25, -0.2) is 0 Å². The second-order valence-electron chi connectivity index (χ2n) is 5.02. The summed E-state index contributed by atoms with van der Waals surface area (Å²) in [6.45, 7) is 0. The van der Waals surface area contributed by atoms with Gasteiger partial charge >= 0.3 is 0 Å². The van der Waals surface area contributed by atoms with Gasteiger partial charge in [0.05, 0.1) is 12.9 Å². The van der Waals surface area contributed by atoms with Gasteiger partial charge in [-0.3, -0.25) is 4.79 Å². The summed E-state index contributed by atoms with van der Waals surface area (Å²) in [4.78, 5) is 12.1. The van der Waals surface area contributed by atoms with Crippen LogP contribution in [0.5, 0.6) is 17.2 Å². The average Bonchev–Trinajstić information content (AvgIpc) is 3.11. The Morgan fingerprint density at radius 3 is 2.56 bits per heavy atom. The molecule has 7 nitrogen and oxygen atoms in total. The fraction of sp³-hybridized carbons (Fsp3) is 0.118. The van der Waals surface area contributed by atoms with Crippen LogP contribution in [0.25, 0.3) is 11.5 Å². The van der Waals surface area contributed by atoms with Crippen LogP contribution in [-0.4, -0.2) is 39.1 Å². The Balaban J connectivity index is 1.64. The number of Topliss-reactive ketones (excluding diaryl/α,β-unsaturated/α-hetero) is 1. The number of benzene rings is 2. The van der Waals surface area contributed by atoms with Crippen molar-refractivity contribution in [2.75, 3.05) is 12.9 Å². The van der Waals surface area contributed by atoms with Gasteiger partial charge in [-0.1, -0.05) is 11.8 Å². The smallest absolute Gasteiger partial charge is 0.277 e. The summed E-state index contributed by atoms with van der Waals surface area (Å²) in [6.07, 6.45) is 0. The lowest BCUT2D eigenvalue weighted by Gasteiger charge is -2.01. The average molecular weight is 358 g/mol. The van der Waals surface area contributed by atoms with Crippen molar-refractivity contribution in [3.8, 4) is 28.7 Å². The van der Waals surface area contributed by atoms with Crippen molar-refractivity contribution in [1.82, 2.24) is 10.2 Å². The quantitative estimate of drug-likeness (QED) is 0.393. The first kappa shape index (κ1) is 16.8. The van der Waals surface area contributed by atoms with E-state index in [0.717, 1.165) is 23.1 Å². The highest BCUT2D eigenvalue weighted by molar-refractivity contribution is 7.99. The van der Waals surface area contributed by atoms with Crippen molar-refractivity contribution < 1.29 is 24.2 Å². The molecule has 128 valence electrons. The van der Waals surface area contributed by atoms with Crippen molar-refractivity contribution in [2.45, 2.75) is 5.22 Å². The number of carbonyl (C=O) groups excluding carboxylic acids is 1. The number of nitrogens with zero attached hydrogens (tertiary/aromatic N) is 2. The van der Waals surface area contributed by atoms with Crippen LogP contribution in [0.2, 0.25) is 0 Å². The summed E-state index contributed by atoms with van der Waals surface area (Å²) in [5.41, 5.74) is 1.03. The second-order valence-corrected chi connectivity index (χ2v) is 5.94. The third kappa shape index (κ3) is 3.92. The number of ether oxygens (including phenoxy) is 1. The largest absolute Gasteiger partial charge is 0.504 e. The molecule has 3 aromatic rings. The highest BCUT2D eigenvalue weighted by Gasteiger charge is 2.13. The molecule has 0 radical (unpaired) electrons. The first-order chi connectivity index (χ1) is 12.1. The Morgan fingerprint density at radius 2 is 1.88 bits per heavy atom. The Bertz CT molecular complexity index is 892. The maximum absolute atomic E-state index is 12.1. The zero-order valence-electron chi connectivity index (χ0n) is 13.2. The number of phenolic OH excluding ortho intramolecular Hbond substituents is 2. The molecule has 0 aliphatic rings. The topological polar surface area (TPSA) is 106 Å². The fourth-order valence-electron chi connectivity index (χ4n) is 2.03. The molecule has 0 aliphatic carbocycles. The second kappa shape index (κ2) is 7.27. The van der Waals surface area contributed by atoms with Crippen LogP contribution < -0.4 is 4.74 Å². The van der Waals surface area contributed by atoms with Crippen LogP contribution in [0, 0.1) is 0 Å². The van der Waals surface area contributed by atoms with Crippen molar-refractivity contribution in [3.63, 3.8) is 0 Å². The van der Waals surface area contributed by atoms with Crippen LogP contribution in [0.3, 0.4) is 0 Å². The van der Waals surface area contributed by atoms with E-state index in [1.165, 1.54) is 18.2 Å². The van der Waals surface area contributed by atoms with E-state index in [0.29, 0.717) is 5.89 Å². The molecule has 2 aromatic carbocycles. The number of hydrogen-bond acceptors (Lipinski definition) is 8. The highest BCUT2D eigenvalue weighted by Crippen LogP contribution is 2.27. The minimum Gasteiger partial charge on any atom is -0.504 e. The van der Waals surface area contributed by atoms with Crippen LogP contribution in [0.4, 0.5) is 0 Å². The standard InChI is InChI=1S/C17H14N2O5S/c1-23-12-5-2-10(3-6-12)16-18-19-17(24-16)25-9-15(22)11-4-7-13(20)14(21)8-11/h2-8,20-21H,9H2,1H3. The third-order valence-electron chi connectivity index (χ3n) is 3.37. The number of aromatic hydroxyl groups is 2. The van der Waals surface area contributed by atoms with Gasteiger partial charge in [-0.2, -0.15) is 0 Å². The maximum Gasteiger partial charge on any atom is 0.277 e. The number of ketones is 1. The molecule has 2 N–H and O–H groups in total. The molecule has 0 bridgehead atoms. The molecule has 8 heteroatoms. The van der Waals surface area contributed by atoms with E-state index in [1.807, 2.05) is 0 Å². The van der Waals surface area contributed by atoms with Crippen LogP contribution in [0.15, 0.2) is 52.1 Å². The molecular formula is C17H14N2O5S. The Labute approximate surface area is 147 Å². The molecule has 3 rings (SSSR count). The molecular weight excluding hydrogens is 344 g/mol. The summed E-state index contributed by atoms with van der Waals surface area (Å²) in [6, 6.07) is 11.1. The van der Waals surface area contributed by atoms with Crippen LogP contribution >= 0.6 is 11.8 Å². The Hall–Kier alpha value is -3.00. The van der Waals surface area contributed by atoms with Crippen LogP contribution in [-0.2, 0) is 0 Å².